The molecule has 0 spiro atoms. The van der Waals surface area contributed by atoms with Gasteiger partial charge < -0.3 is 10.2 Å². The predicted octanol–water partition coefficient (Wildman–Crippen LogP) is 1.63. The van der Waals surface area contributed by atoms with E-state index >= 15 is 0 Å². The molecule has 0 bridgehead atoms. The summed E-state index contributed by atoms with van der Waals surface area (Å²) in [4.78, 5) is 10.9. The lowest BCUT2D eigenvalue weighted by Crippen LogP contribution is -2.41. The maximum absolute atomic E-state index is 12.2. The Labute approximate surface area is 133 Å². The van der Waals surface area contributed by atoms with Crippen molar-refractivity contribution in [3.8, 4) is 0 Å². The van der Waals surface area contributed by atoms with Gasteiger partial charge in [-0.15, -0.1) is 0 Å². The van der Waals surface area contributed by atoms with E-state index in [-0.39, 0.29) is 11.3 Å². The summed E-state index contributed by atoms with van der Waals surface area (Å²) >= 11 is 6.38. The molecule has 20 heavy (non-hydrogen) atoms. The molecule has 0 aliphatic carbocycles. The lowest BCUT2D eigenvalue weighted by molar-refractivity contribution is -0.139. The molecule has 0 aromatic heterocycles. The van der Waals surface area contributed by atoms with E-state index in [1.54, 1.807) is 13.0 Å². The monoisotopic (exact) mass is 429 g/mol. The van der Waals surface area contributed by atoms with Crippen LogP contribution in [-0.4, -0.2) is 37.2 Å². The first kappa shape index (κ1) is 17.6. The molecule has 0 aliphatic rings. The first-order valence-corrected chi connectivity index (χ1v) is 8.57. The third-order valence-electron chi connectivity index (χ3n) is 2.52. The summed E-state index contributed by atoms with van der Waals surface area (Å²) in [6, 6.07) is 1.62. The van der Waals surface area contributed by atoms with Crippen LogP contribution in [0.3, 0.4) is 0 Å². The van der Waals surface area contributed by atoms with Crippen molar-refractivity contribution >= 4 is 47.9 Å². The lowest BCUT2D eigenvalue weighted by Gasteiger charge is -2.15. The zero-order valence-corrected chi connectivity index (χ0v) is 14.4. The van der Waals surface area contributed by atoms with E-state index < -0.39 is 28.6 Å². The lowest BCUT2D eigenvalue weighted by atomic mass is 10.2. The number of carboxylic acid groups (broad SMARTS) is 1. The molecule has 9 heteroatoms. The van der Waals surface area contributed by atoms with Gasteiger partial charge >= 0.3 is 5.97 Å². The van der Waals surface area contributed by atoms with Gasteiger partial charge in [0.05, 0.1) is 4.90 Å². The van der Waals surface area contributed by atoms with Crippen molar-refractivity contribution in [3.05, 3.63) is 26.6 Å². The Morgan fingerprint density at radius 1 is 1.35 bits per heavy atom. The van der Waals surface area contributed by atoms with Crippen LogP contribution in [0, 0.1) is 6.92 Å². The van der Waals surface area contributed by atoms with Gasteiger partial charge in [-0.05, 0) is 47.0 Å². The van der Waals surface area contributed by atoms with E-state index in [0.29, 0.717) is 8.95 Å². The van der Waals surface area contributed by atoms with Crippen LogP contribution in [0.15, 0.2) is 26.0 Å². The topological polar surface area (TPSA) is 104 Å². The van der Waals surface area contributed by atoms with Crippen LogP contribution in [-0.2, 0) is 14.8 Å². The number of aryl methyl sites for hydroxylation is 1. The van der Waals surface area contributed by atoms with Gasteiger partial charge in [-0.1, -0.05) is 15.9 Å². The number of hydrogen-bond acceptors (Lipinski definition) is 4. The summed E-state index contributed by atoms with van der Waals surface area (Å²) < 4.78 is 27.4. The zero-order chi connectivity index (χ0) is 15.5. The maximum Gasteiger partial charge on any atom is 0.321 e. The summed E-state index contributed by atoms with van der Waals surface area (Å²) in [5.41, 5.74) is 0.834. The zero-order valence-electron chi connectivity index (χ0n) is 10.4. The van der Waals surface area contributed by atoms with Gasteiger partial charge in [-0.25, -0.2) is 8.42 Å². The average molecular weight is 431 g/mol. The minimum Gasteiger partial charge on any atom is -0.480 e. The summed E-state index contributed by atoms with van der Waals surface area (Å²) in [6.07, 6.45) is -0.209. The molecule has 3 N–H and O–H groups in total. The number of aliphatic carboxylic acids is 1. The van der Waals surface area contributed by atoms with Crippen molar-refractivity contribution < 1.29 is 23.4 Å². The molecule has 0 fully saturated rings. The Kier molecular flexibility index (Phi) is 6.14. The van der Waals surface area contributed by atoms with Crippen LogP contribution < -0.4 is 4.72 Å². The first-order chi connectivity index (χ1) is 9.19. The van der Waals surface area contributed by atoms with E-state index in [0.717, 1.165) is 5.56 Å². The number of carbonyl (C=O) groups is 1. The number of aliphatic hydroxyl groups is 1. The van der Waals surface area contributed by atoms with Crippen molar-refractivity contribution in [2.45, 2.75) is 24.3 Å². The smallest absolute Gasteiger partial charge is 0.321 e. The number of nitrogens with one attached hydrogen (secondary N) is 1. The van der Waals surface area contributed by atoms with Gasteiger partial charge in [-0.2, -0.15) is 4.72 Å². The van der Waals surface area contributed by atoms with Crippen LogP contribution in [0.4, 0.5) is 0 Å². The minimum absolute atomic E-state index is 0.0702. The number of rotatable bonds is 6. The number of aliphatic hydroxyl groups excluding tert-OH is 1. The molecule has 0 heterocycles. The van der Waals surface area contributed by atoms with Crippen molar-refractivity contribution in [1.82, 2.24) is 4.72 Å². The molecular formula is C11H13Br2NO5S. The van der Waals surface area contributed by atoms with Crippen LogP contribution in [0.2, 0.25) is 0 Å². The number of carboxylic acids is 1. The third kappa shape index (κ3) is 4.26. The number of hydrogen-bond donors (Lipinski definition) is 3. The van der Waals surface area contributed by atoms with Crippen molar-refractivity contribution in [2.24, 2.45) is 0 Å². The molecular weight excluding hydrogens is 418 g/mol. The quantitative estimate of drug-likeness (QED) is 0.636. The summed E-state index contributed by atoms with van der Waals surface area (Å²) in [5, 5.41) is 17.7. The highest BCUT2D eigenvalue weighted by atomic mass is 79.9. The highest BCUT2D eigenvalue weighted by Crippen LogP contribution is 2.28. The molecule has 1 aromatic rings. The molecule has 1 aromatic carbocycles. The molecule has 0 aliphatic heterocycles. The molecule has 1 unspecified atom stereocenters. The number of benzene rings is 1. The normalized spacial score (nSPS) is 13.2. The van der Waals surface area contributed by atoms with E-state index in [4.69, 9.17) is 10.2 Å². The van der Waals surface area contributed by atoms with Gasteiger partial charge in [0.25, 0.3) is 0 Å². The number of halogens is 2. The summed E-state index contributed by atoms with van der Waals surface area (Å²) in [7, 11) is -4.02. The van der Waals surface area contributed by atoms with E-state index in [1.807, 2.05) is 0 Å². The standard InChI is InChI=1S/C11H13Br2NO5S/c1-6-4-8(13)10(5-7(6)12)20(18,19)14-9(2-3-15)11(16)17/h4-5,9,14-15H,2-3H2,1H3,(H,16,17). The van der Waals surface area contributed by atoms with Gasteiger partial charge in [0.15, 0.2) is 0 Å². The largest absolute Gasteiger partial charge is 0.480 e. The van der Waals surface area contributed by atoms with Crippen molar-refractivity contribution in [2.75, 3.05) is 6.61 Å². The Balaban J connectivity index is 3.17. The van der Waals surface area contributed by atoms with Crippen LogP contribution in [0.25, 0.3) is 0 Å². The molecule has 6 nitrogen and oxygen atoms in total. The van der Waals surface area contributed by atoms with Crippen molar-refractivity contribution in [3.63, 3.8) is 0 Å². The third-order valence-corrected chi connectivity index (χ3v) is 5.80. The van der Waals surface area contributed by atoms with Gasteiger partial charge in [0, 0.05) is 15.6 Å². The first-order valence-electron chi connectivity index (χ1n) is 5.50. The van der Waals surface area contributed by atoms with Crippen LogP contribution >= 0.6 is 31.9 Å². The van der Waals surface area contributed by atoms with Crippen LogP contribution in [0.1, 0.15) is 12.0 Å². The van der Waals surface area contributed by atoms with Gasteiger partial charge in [0.1, 0.15) is 6.04 Å². The van der Waals surface area contributed by atoms with E-state index in [1.165, 1.54) is 6.07 Å². The van der Waals surface area contributed by atoms with E-state index in [2.05, 4.69) is 36.6 Å². The Morgan fingerprint density at radius 2 is 1.95 bits per heavy atom. The molecule has 1 rings (SSSR count). The Bertz CT molecular complexity index is 617. The highest BCUT2D eigenvalue weighted by molar-refractivity contribution is 9.11. The van der Waals surface area contributed by atoms with Gasteiger partial charge in [-0.3, -0.25) is 4.79 Å². The van der Waals surface area contributed by atoms with Crippen molar-refractivity contribution in [1.29, 1.82) is 0 Å². The molecule has 0 amide bonds. The fraction of sp³-hybridized carbons (Fsp3) is 0.364. The minimum atomic E-state index is -4.02. The predicted molar refractivity (Wildman–Crippen MR) is 80.0 cm³/mol. The van der Waals surface area contributed by atoms with Gasteiger partial charge in [0.2, 0.25) is 10.0 Å². The molecule has 0 radical (unpaired) electrons. The highest BCUT2D eigenvalue weighted by Gasteiger charge is 2.26. The SMILES string of the molecule is Cc1cc(Br)c(S(=O)(=O)NC(CCO)C(=O)O)cc1Br. The second-order valence-electron chi connectivity index (χ2n) is 4.06. The van der Waals surface area contributed by atoms with Crippen LogP contribution in [0.5, 0.6) is 0 Å². The average Bonchev–Trinajstić information content (AvgIpc) is 2.32. The molecule has 0 saturated carbocycles. The molecule has 1 atom stereocenters. The maximum atomic E-state index is 12.2. The second-order valence-corrected chi connectivity index (χ2v) is 7.45. The fourth-order valence-corrected chi connectivity index (χ4v) is 4.35. The fourth-order valence-electron chi connectivity index (χ4n) is 1.45. The second kappa shape index (κ2) is 6.99. The van der Waals surface area contributed by atoms with E-state index in [9.17, 15) is 13.2 Å². The molecule has 0 saturated heterocycles. The number of sulfonamides is 1. The summed E-state index contributed by atoms with van der Waals surface area (Å²) in [5.74, 6) is -1.34. The Hall–Kier alpha value is -0.480. The summed E-state index contributed by atoms with van der Waals surface area (Å²) in [6.45, 7) is 1.36. The Morgan fingerprint density at radius 3 is 2.45 bits per heavy atom. The molecule has 112 valence electrons.